The highest BCUT2D eigenvalue weighted by Gasteiger charge is 2.42. The summed E-state index contributed by atoms with van der Waals surface area (Å²) in [6, 6.07) is 12.0. The van der Waals surface area contributed by atoms with Crippen molar-refractivity contribution in [1.29, 1.82) is 0 Å². The van der Waals surface area contributed by atoms with Gasteiger partial charge < -0.3 is 24.1 Å². The summed E-state index contributed by atoms with van der Waals surface area (Å²) in [6.45, 7) is 1.99. The van der Waals surface area contributed by atoms with Crippen molar-refractivity contribution in [3.8, 4) is 11.5 Å². The minimum atomic E-state index is -0.373. The highest BCUT2D eigenvalue weighted by Crippen LogP contribution is 2.45. The van der Waals surface area contributed by atoms with Gasteiger partial charge in [-0.05, 0) is 54.7 Å². The number of carbonyl (C=O) groups excluding carboxylic acids is 1. The standard InChI is InChI=1S/C24H26N2O4/c1-28-20-14-17-7-13-30-24(19(17)15-21(20)29-2)8-11-26(12-9-24)23(27)18-5-3-4-16-6-10-25-22(16)18/h3-6,10,14-15,25H,7-9,11-13H2,1-2H3. The van der Waals surface area contributed by atoms with E-state index in [9.17, 15) is 4.79 Å². The molecule has 2 aliphatic heterocycles. The maximum atomic E-state index is 13.2. The van der Waals surface area contributed by atoms with E-state index in [0.29, 0.717) is 19.7 Å². The van der Waals surface area contributed by atoms with Gasteiger partial charge in [-0.15, -0.1) is 0 Å². The summed E-state index contributed by atoms with van der Waals surface area (Å²) < 4.78 is 17.4. The molecule has 5 rings (SSSR count). The molecule has 3 aromatic rings. The lowest BCUT2D eigenvalue weighted by atomic mass is 9.79. The first-order chi connectivity index (χ1) is 14.6. The van der Waals surface area contributed by atoms with E-state index in [4.69, 9.17) is 14.2 Å². The Balaban J connectivity index is 1.41. The minimum absolute atomic E-state index is 0.0706. The number of hydrogen-bond donors (Lipinski definition) is 1. The molecule has 156 valence electrons. The Hall–Kier alpha value is -2.99. The average Bonchev–Trinajstić information content (AvgIpc) is 3.27. The van der Waals surface area contributed by atoms with Crippen LogP contribution in [0.5, 0.6) is 11.5 Å². The summed E-state index contributed by atoms with van der Waals surface area (Å²) in [4.78, 5) is 18.4. The summed E-state index contributed by atoms with van der Waals surface area (Å²) >= 11 is 0. The molecular weight excluding hydrogens is 380 g/mol. The van der Waals surface area contributed by atoms with Crippen molar-refractivity contribution in [2.75, 3.05) is 33.9 Å². The predicted octanol–water partition coefficient (Wildman–Crippen LogP) is 3.89. The van der Waals surface area contributed by atoms with E-state index in [1.807, 2.05) is 35.4 Å². The molecule has 0 aliphatic carbocycles. The lowest BCUT2D eigenvalue weighted by Crippen LogP contribution is -2.48. The van der Waals surface area contributed by atoms with Crippen LogP contribution >= 0.6 is 0 Å². The summed E-state index contributed by atoms with van der Waals surface area (Å²) in [6.07, 6.45) is 4.26. The van der Waals surface area contributed by atoms with Crippen LogP contribution in [0, 0.1) is 0 Å². The molecule has 1 saturated heterocycles. The van der Waals surface area contributed by atoms with E-state index in [2.05, 4.69) is 17.1 Å². The van der Waals surface area contributed by atoms with Crippen LogP contribution in [0.25, 0.3) is 10.9 Å². The molecule has 1 fully saturated rings. The van der Waals surface area contributed by atoms with E-state index < -0.39 is 0 Å². The average molecular weight is 406 g/mol. The van der Waals surface area contributed by atoms with Crippen LogP contribution in [-0.2, 0) is 16.8 Å². The highest BCUT2D eigenvalue weighted by atomic mass is 16.5. The van der Waals surface area contributed by atoms with Gasteiger partial charge in [0, 0.05) is 24.7 Å². The fourth-order valence-corrected chi connectivity index (χ4v) is 4.90. The molecule has 0 bridgehead atoms. The SMILES string of the molecule is COc1cc2c(cc1OC)C1(CCN(C(=O)c3cccc4cc[nH]c34)CC1)OCC2. The van der Waals surface area contributed by atoms with E-state index in [-0.39, 0.29) is 11.5 Å². The van der Waals surface area contributed by atoms with Crippen LogP contribution in [0.4, 0.5) is 0 Å². The predicted molar refractivity (Wildman–Crippen MR) is 114 cm³/mol. The van der Waals surface area contributed by atoms with Crippen LogP contribution in [0.3, 0.4) is 0 Å². The summed E-state index contributed by atoms with van der Waals surface area (Å²) in [5.74, 6) is 1.54. The number of hydrogen-bond acceptors (Lipinski definition) is 4. The van der Waals surface area contributed by atoms with Crippen molar-refractivity contribution >= 4 is 16.8 Å². The zero-order chi connectivity index (χ0) is 20.7. The topological polar surface area (TPSA) is 63.8 Å². The number of likely N-dealkylation sites (tertiary alicyclic amines) is 1. The molecule has 0 atom stereocenters. The normalized spacial score (nSPS) is 17.7. The molecule has 1 aromatic heterocycles. The molecule has 6 nitrogen and oxygen atoms in total. The van der Waals surface area contributed by atoms with Crippen molar-refractivity contribution in [3.05, 3.63) is 59.3 Å². The number of ether oxygens (including phenoxy) is 3. The van der Waals surface area contributed by atoms with E-state index in [1.165, 1.54) is 11.1 Å². The second-order valence-corrected chi connectivity index (χ2v) is 8.00. The number of amides is 1. The summed E-state index contributed by atoms with van der Waals surface area (Å²) in [5, 5.41) is 1.06. The molecule has 1 amide bonds. The molecule has 30 heavy (non-hydrogen) atoms. The molecule has 2 aromatic carbocycles. The first-order valence-corrected chi connectivity index (χ1v) is 10.4. The number of fused-ring (bicyclic) bond motifs is 3. The molecule has 1 spiro atoms. The molecule has 1 N–H and O–H groups in total. The molecule has 2 aliphatic rings. The summed E-state index contributed by atoms with van der Waals surface area (Å²) in [5.41, 5.74) is 3.67. The second-order valence-electron chi connectivity index (χ2n) is 8.00. The van der Waals surface area contributed by atoms with Crippen LogP contribution in [0.1, 0.15) is 34.3 Å². The minimum Gasteiger partial charge on any atom is -0.493 e. The van der Waals surface area contributed by atoms with Gasteiger partial charge in [-0.1, -0.05) is 12.1 Å². The quantitative estimate of drug-likeness (QED) is 0.717. The van der Waals surface area contributed by atoms with Gasteiger partial charge in [0.25, 0.3) is 5.91 Å². The van der Waals surface area contributed by atoms with Crippen molar-refractivity contribution in [2.24, 2.45) is 0 Å². The third-order valence-electron chi connectivity index (χ3n) is 6.53. The Labute approximate surface area is 175 Å². The number of nitrogens with one attached hydrogen (secondary N) is 1. The van der Waals surface area contributed by atoms with E-state index in [1.54, 1.807) is 14.2 Å². The Kier molecular flexibility index (Phi) is 4.66. The number of para-hydroxylation sites is 1. The summed E-state index contributed by atoms with van der Waals surface area (Å²) in [7, 11) is 3.32. The third kappa shape index (κ3) is 2.94. The van der Waals surface area contributed by atoms with Gasteiger partial charge in [0.2, 0.25) is 0 Å². The largest absolute Gasteiger partial charge is 0.493 e. The van der Waals surface area contributed by atoms with Crippen LogP contribution < -0.4 is 9.47 Å². The number of aromatic nitrogens is 1. The maximum Gasteiger partial charge on any atom is 0.255 e. The number of H-pyrrole nitrogens is 1. The Morgan fingerprint density at radius 3 is 2.63 bits per heavy atom. The molecule has 0 radical (unpaired) electrons. The van der Waals surface area contributed by atoms with Gasteiger partial charge in [-0.25, -0.2) is 0 Å². The third-order valence-corrected chi connectivity index (χ3v) is 6.53. The Morgan fingerprint density at radius 1 is 1.10 bits per heavy atom. The smallest absolute Gasteiger partial charge is 0.255 e. The van der Waals surface area contributed by atoms with Crippen molar-refractivity contribution in [1.82, 2.24) is 9.88 Å². The number of piperidine rings is 1. The molecule has 0 saturated carbocycles. The first kappa shape index (κ1) is 19.0. The lowest BCUT2D eigenvalue weighted by molar-refractivity contribution is -0.0936. The number of carbonyl (C=O) groups is 1. The molecule has 0 unspecified atom stereocenters. The Bertz CT molecular complexity index is 1100. The molecule has 6 heteroatoms. The number of nitrogens with zero attached hydrogens (tertiary/aromatic N) is 1. The zero-order valence-corrected chi connectivity index (χ0v) is 17.4. The second kappa shape index (κ2) is 7.36. The van der Waals surface area contributed by atoms with Crippen molar-refractivity contribution in [2.45, 2.75) is 24.9 Å². The van der Waals surface area contributed by atoms with Gasteiger partial charge in [-0.3, -0.25) is 4.79 Å². The van der Waals surface area contributed by atoms with Gasteiger partial charge in [-0.2, -0.15) is 0 Å². The van der Waals surface area contributed by atoms with Crippen LogP contribution in [0.15, 0.2) is 42.6 Å². The number of aromatic amines is 1. The first-order valence-electron chi connectivity index (χ1n) is 10.4. The maximum absolute atomic E-state index is 13.2. The van der Waals surface area contributed by atoms with Crippen molar-refractivity contribution in [3.63, 3.8) is 0 Å². The van der Waals surface area contributed by atoms with Crippen LogP contribution in [0.2, 0.25) is 0 Å². The van der Waals surface area contributed by atoms with Crippen molar-refractivity contribution < 1.29 is 19.0 Å². The lowest BCUT2D eigenvalue weighted by Gasteiger charge is -2.45. The number of benzene rings is 2. The van der Waals surface area contributed by atoms with Crippen LogP contribution in [-0.4, -0.2) is 49.7 Å². The fraction of sp³-hybridized carbons (Fsp3) is 0.375. The van der Waals surface area contributed by atoms with E-state index in [0.717, 1.165) is 47.2 Å². The van der Waals surface area contributed by atoms with Gasteiger partial charge in [0.05, 0.1) is 37.5 Å². The molecule has 3 heterocycles. The van der Waals surface area contributed by atoms with Gasteiger partial charge >= 0.3 is 0 Å². The zero-order valence-electron chi connectivity index (χ0n) is 17.4. The Morgan fingerprint density at radius 2 is 1.87 bits per heavy atom. The number of methoxy groups -OCH3 is 2. The highest BCUT2D eigenvalue weighted by molar-refractivity contribution is 6.05. The van der Waals surface area contributed by atoms with E-state index >= 15 is 0 Å². The van der Waals surface area contributed by atoms with Gasteiger partial charge in [0.15, 0.2) is 11.5 Å². The molecular formula is C24H26N2O4. The fourth-order valence-electron chi connectivity index (χ4n) is 4.90. The monoisotopic (exact) mass is 406 g/mol. The van der Waals surface area contributed by atoms with Gasteiger partial charge in [0.1, 0.15) is 0 Å². The number of rotatable bonds is 3.